The molecule has 30 heavy (non-hydrogen) atoms. The minimum absolute atomic E-state index is 0.165. The van der Waals surface area contributed by atoms with E-state index in [-0.39, 0.29) is 46.1 Å². The highest BCUT2D eigenvalue weighted by atomic mass is 79.9. The maximum absolute atomic E-state index is 13.0. The lowest BCUT2D eigenvalue weighted by atomic mass is 9.76. The average molecular weight is 475 g/mol. The summed E-state index contributed by atoms with van der Waals surface area (Å²) in [7, 11) is 1.43. The molecule has 2 heterocycles. The number of methoxy groups -OCH3 is 1. The smallest absolute Gasteiger partial charge is 0.273 e. The SMILES string of the molecule is COc1ccc2c3c1C(=O)[C@H](Br)[C@@H](O)[C@]31Oc3cccc4c3[C@](O2)(O1)[C@H](O)CC4=O. The standard InChI is InChI=1S/C21H15BrO8/c1-27-10-5-6-12-16-14(10)18(25)17(22)19(26)21(16)29-11-4-2-3-8-9(23)7-13(24)20(28-12,30-21)15(8)11/h2-6,13,17,19,24,26H,7H2,1H3/t13-,17+,19-,20-,21+/m1/s1. The summed E-state index contributed by atoms with van der Waals surface area (Å²) in [6.45, 7) is 0. The van der Waals surface area contributed by atoms with E-state index in [1.54, 1.807) is 30.3 Å². The van der Waals surface area contributed by atoms with Crippen LogP contribution in [0.3, 0.4) is 0 Å². The van der Waals surface area contributed by atoms with E-state index in [1.807, 2.05) is 0 Å². The molecule has 0 saturated carbocycles. The molecule has 2 aromatic carbocycles. The summed E-state index contributed by atoms with van der Waals surface area (Å²) in [4.78, 5) is 24.5. The molecule has 0 fully saturated rings. The third-order valence-corrected chi connectivity index (χ3v) is 7.10. The van der Waals surface area contributed by atoms with Crippen LogP contribution in [0.2, 0.25) is 0 Å². The van der Waals surface area contributed by atoms with E-state index in [1.165, 1.54) is 7.11 Å². The predicted molar refractivity (Wildman–Crippen MR) is 103 cm³/mol. The van der Waals surface area contributed by atoms with Crippen molar-refractivity contribution < 1.29 is 38.7 Å². The zero-order valence-electron chi connectivity index (χ0n) is 15.5. The first kappa shape index (κ1) is 18.3. The molecule has 2 bridgehead atoms. The number of halogens is 1. The Labute approximate surface area is 178 Å². The van der Waals surface area contributed by atoms with Crippen LogP contribution in [0.4, 0.5) is 0 Å². The number of benzene rings is 2. The predicted octanol–water partition coefficient (Wildman–Crippen LogP) is 1.77. The van der Waals surface area contributed by atoms with Gasteiger partial charge in [0.05, 0.1) is 23.8 Å². The molecule has 2 spiro atoms. The quantitative estimate of drug-likeness (QED) is 0.601. The average Bonchev–Trinajstić information content (AvgIpc) is 2.74. The Hall–Kier alpha value is -2.46. The number of aliphatic hydroxyl groups is 2. The first-order chi connectivity index (χ1) is 14.3. The second-order valence-corrected chi connectivity index (χ2v) is 8.68. The summed E-state index contributed by atoms with van der Waals surface area (Å²) in [5.41, 5.74) is 0.957. The monoisotopic (exact) mass is 474 g/mol. The molecule has 0 amide bonds. The van der Waals surface area contributed by atoms with E-state index in [4.69, 9.17) is 18.9 Å². The largest absolute Gasteiger partial charge is 0.496 e. The van der Waals surface area contributed by atoms with Crippen LogP contribution in [0.5, 0.6) is 17.2 Å². The van der Waals surface area contributed by atoms with Gasteiger partial charge >= 0.3 is 0 Å². The molecular weight excluding hydrogens is 460 g/mol. The molecule has 0 saturated heterocycles. The Kier molecular flexibility index (Phi) is 3.43. The highest BCUT2D eigenvalue weighted by Gasteiger charge is 2.70. The Morgan fingerprint density at radius 2 is 1.80 bits per heavy atom. The lowest BCUT2D eigenvalue weighted by Crippen LogP contribution is -2.68. The van der Waals surface area contributed by atoms with E-state index in [2.05, 4.69) is 15.9 Å². The van der Waals surface area contributed by atoms with Crippen LogP contribution >= 0.6 is 15.9 Å². The number of hydrogen-bond donors (Lipinski definition) is 2. The molecule has 0 radical (unpaired) electrons. The molecule has 2 aliphatic carbocycles. The number of carbonyl (C=O) groups is 2. The van der Waals surface area contributed by atoms with Gasteiger partial charge in [-0.05, 0) is 18.2 Å². The second-order valence-electron chi connectivity index (χ2n) is 7.69. The van der Waals surface area contributed by atoms with Crippen molar-refractivity contribution in [1.29, 1.82) is 0 Å². The van der Waals surface area contributed by atoms with Gasteiger partial charge in [0, 0.05) is 12.0 Å². The number of alkyl halides is 1. The number of ketones is 2. The van der Waals surface area contributed by atoms with Gasteiger partial charge in [0.25, 0.3) is 11.6 Å². The van der Waals surface area contributed by atoms with Crippen molar-refractivity contribution in [3.8, 4) is 17.2 Å². The summed E-state index contributed by atoms with van der Waals surface area (Å²) in [6.07, 6.45) is -3.04. The maximum atomic E-state index is 13.0. The number of Topliss-reactive ketones (excluding diaryl/α,β-unsaturated/α-hetero) is 2. The number of hydrogen-bond acceptors (Lipinski definition) is 8. The normalized spacial score (nSPS) is 35.0. The van der Waals surface area contributed by atoms with Gasteiger partial charge < -0.3 is 24.4 Å². The van der Waals surface area contributed by atoms with E-state index in [9.17, 15) is 19.8 Å². The maximum Gasteiger partial charge on any atom is 0.273 e. The zero-order chi connectivity index (χ0) is 21.0. The fraction of sp³-hybridized carbons (Fsp3) is 0.333. The van der Waals surface area contributed by atoms with Gasteiger partial charge in [0.1, 0.15) is 34.3 Å². The minimum Gasteiger partial charge on any atom is -0.496 e. The van der Waals surface area contributed by atoms with Crippen LogP contribution in [0, 0.1) is 0 Å². The van der Waals surface area contributed by atoms with Gasteiger partial charge in [-0.1, -0.05) is 28.1 Å². The van der Waals surface area contributed by atoms with Crippen molar-refractivity contribution in [2.24, 2.45) is 0 Å². The molecule has 6 rings (SSSR count). The topological polar surface area (TPSA) is 112 Å². The van der Waals surface area contributed by atoms with Crippen LogP contribution in [-0.4, -0.2) is 45.9 Å². The third-order valence-electron chi connectivity index (χ3n) is 6.18. The summed E-state index contributed by atoms with van der Waals surface area (Å²) in [5.74, 6) is -3.59. The Balaban J connectivity index is 1.73. The van der Waals surface area contributed by atoms with E-state index in [0.717, 1.165) is 0 Å². The molecule has 8 nitrogen and oxygen atoms in total. The summed E-state index contributed by atoms with van der Waals surface area (Å²) in [6, 6.07) is 8.03. The summed E-state index contributed by atoms with van der Waals surface area (Å²) in [5, 5.41) is 22.1. The Morgan fingerprint density at radius 1 is 1.07 bits per heavy atom. The van der Waals surface area contributed by atoms with Crippen LogP contribution in [0.1, 0.15) is 38.3 Å². The molecule has 5 atom stereocenters. The van der Waals surface area contributed by atoms with Crippen LogP contribution < -0.4 is 14.2 Å². The Morgan fingerprint density at radius 3 is 2.57 bits per heavy atom. The molecule has 2 aliphatic heterocycles. The van der Waals surface area contributed by atoms with Gasteiger partial charge in [0.15, 0.2) is 11.6 Å². The summed E-state index contributed by atoms with van der Waals surface area (Å²) >= 11 is 3.26. The highest BCUT2D eigenvalue weighted by molar-refractivity contribution is 9.10. The highest BCUT2D eigenvalue weighted by Crippen LogP contribution is 2.62. The zero-order valence-corrected chi connectivity index (χ0v) is 17.1. The molecule has 2 aromatic rings. The first-order valence-corrected chi connectivity index (χ1v) is 10.3. The number of carbonyl (C=O) groups excluding carboxylic acids is 2. The molecule has 0 unspecified atom stereocenters. The summed E-state index contributed by atoms with van der Waals surface area (Å²) < 4.78 is 24.1. The molecule has 0 aromatic heterocycles. The van der Waals surface area contributed by atoms with Crippen molar-refractivity contribution in [1.82, 2.24) is 0 Å². The second kappa shape index (κ2) is 5.61. The van der Waals surface area contributed by atoms with Gasteiger partial charge in [-0.15, -0.1) is 0 Å². The number of rotatable bonds is 1. The molecular formula is C21H15BrO8. The number of ether oxygens (including phenoxy) is 4. The van der Waals surface area contributed by atoms with E-state index < -0.39 is 34.4 Å². The van der Waals surface area contributed by atoms with Crippen molar-refractivity contribution >= 4 is 27.5 Å². The fourth-order valence-corrected chi connectivity index (χ4v) is 5.46. The first-order valence-electron chi connectivity index (χ1n) is 9.35. The van der Waals surface area contributed by atoms with Crippen molar-refractivity contribution in [3.63, 3.8) is 0 Å². The third kappa shape index (κ3) is 1.88. The lowest BCUT2D eigenvalue weighted by molar-refractivity contribution is -0.403. The fourth-order valence-electron chi connectivity index (χ4n) is 4.88. The Bertz CT molecular complexity index is 1160. The van der Waals surface area contributed by atoms with E-state index >= 15 is 0 Å². The minimum atomic E-state index is -1.85. The lowest BCUT2D eigenvalue weighted by Gasteiger charge is -2.57. The number of aliphatic hydroxyl groups excluding tert-OH is 2. The molecule has 9 heteroatoms. The van der Waals surface area contributed by atoms with Gasteiger partial charge in [0.2, 0.25) is 0 Å². The van der Waals surface area contributed by atoms with Gasteiger partial charge in [-0.25, -0.2) is 0 Å². The van der Waals surface area contributed by atoms with Gasteiger partial charge in [-0.2, -0.15) is 0 Å². The van der Waals surface area contributed by atoms with Crippen LogP contribution in [0.25, 0.3) is 0 Å². The van der Waals surface area contributed by atoms with Crippen molar-refractivity contribution in [3.05, 3.63) is 52.6 Å². The van der Waals surface area contributed by atoms with Gasteiger partial charge in [-0.3, -0.25) is 14.3 Å². The molecule has 4 aliphatic rings. The van der Waals surface area contributed by atoms with Crippen LogP contribution in [-0.2, 0) is 16.3 Å². The molecule has 154 valence electrons. The van der Waals surface area contributed by atoms with Crippen LogP contribution in [0.15, 0.2) is 30.3 Å². The van der Waals surface area contributed by atoms with Crippen molar-refractivity contribution in [2.45, 2.75) is 35.0 Å². The van der Waals surface area contributed by atoms with Crippen molar-refractivity contribution in [2.75, 3.05) is 7.11 Å². The van der Waals surface area contributed by atoms with E-state index in [0.29, 0.717) is 5.56 Å². The molecule has 2 N–H and O–H groups in total.